The standard InChI is InChI=1S/C47H79NO13/c1-26(2)35-19-20-39(55-30(35)6)59-37-18-16-14-15-17-28(4)54-38(52)24-36(51)42(53)44(34(21-22-49)23-27(37)3)61-46-29(5)41(48(12)13)43(31(7)57-46)60-40-25-47(10,11)45(32(8)56-40)58-33(9)50/h14-16,18,22,26-32,34-37,39-46,51,53H,17,19-21,23-25H2,1-13H3/b15-14+,18-16+/t27-,28-,29-,30-,31-,32+,34+,35-,36-,37+,39+,40?,41-,42+,43-,44+,45+,46?/m1/s1. The molecule has 3 saturated heterocycles. The van der Waals surface area contributed by atoms with Crippen LogP contribution in [0.4, 0.5) is 0 Å². The van der Waals surface area contributed by atoms with Gasteiger partial charge in [-0.25, -0.2) is 0 Å². The predicted molar refractivity (Wildman–Crippen MR) is 229 cm³/mol. The molecule has 0 aromatic rings. The van der Waals surface area contributed by atoms with E-state index in [0.29, 0.717) is 31.1 Å². The molecule has 0 aliphatic carbocycles. The Morgan fingerprint density at radius 3 is 2.23 bits per heavy atom. The van der Waals surface area contributed by atoms with Crippen LogP contribution < -0.4 is 0 Å². The van der Waals surface area contributed by atoms with Crippen molar-refractivity contribution in [2.24, 2.45) is 35.0 Å². The van der Waals surface area contributed by atoms with Crippen LogP contribution in [0, 0.1) is 35.0 Å². The van der Waals surface area contributed by atoms with Crippen molar-refractivity contribution in [1.29, 1.82) is 0 Å². The number of esters is 2. The monoisotopic (exact) mass is 866 g/mol. The number of aliphatic hydroxyl groups excluding tert-OH is 2. The van der Waals surface area contributed by atoms with Crippen molar-refractivity contribution in [3.05, 3.63) is 24.3 Å². The number of aldehydes is 1. The van der Waals surface area contributed by atoms with Gasteiger partial charge in [-0.15, -0.1) is 0 Å². The van der Waals surface area contributed by atoms with Gasteiger partial charge in [0.1, 0.15) is 30.7 Å². The summed E-state index contributed by atoms with van der Waals surface area (Å²) in [7, 11) is 3.91. The van der Waals surface area contributed by atoms with E-state index in [1.807, 2.05) is 79.9 Å². The Morgan fingerprint density at radius 1 is 0.934 bits per heavy atom. The van der Waals surface area contributed by atoms with Gasteiger partial charge in [-0.05, 0) is 84.7 Å². The molecule has 61 heavy (non-hydrogen) atoms. The molecule has 0 aromatic heterocycles. The van der Waals surface area contributed by atoms with Gasteiger partial charge in [0.15, 0.2) is 18.9 Å². The number of aliphatic hydroxyl groups is 2. The van der Waals surface area contributed by atoms with E-state index >= 15 is 0 Å². The van der Waals surface area contributed by atoms with Crippen LogP contribution in [0.25, 0.3) is 0 Å². The number of allylic oxidation sites excluding steroid dienone is 2. The van der Waals surface area contributed by atoms with Crippen molar-refractivity contribution in [2.75, 3.05) is 14.1 Å². The van der Waals surface area contributed by atoms with Gasteiger partial charge in [-0.1, -0.05) is 65.8 Å². The minimum absolute atomic E-state index is 0.00443. The van der Waals surface area contributed by atoms with E-state index in [4.69, 9.17) is 37.9 Å². The second-order valence-corrected chi connectivity index (χ2v) is 19.6. The summed E-state index contributed by atoms with van der Waals surface area (Å²) in [5.74, 6) is -1.26. The van der Waals surface area contributed by atoms with Gasteiger partial charge < -0.3 is 57.8 Å². The molecule has 4 aliphatic rings. The average Bonchev–Trinajstić information content (AvgIpc) is 3.15. The number of rotatable bonds is 11. The summed E-state index contributed by atoms with van der Waals surface area (Å²) in [4.78, 5) is 39.4. The van der Waals surface area contributed by atoms with E-state index in [1.165, 1.54) is 6.92 Å². The summed E-state index contributed by atoms with van der Waals surface area (Å²) < 4.78 is 50.8. The van der Waals surface area contributed by atoms with E-state index in [1.54, 1.807) is 6.92 Å². The van der Waals surface area contributed by atoms with E-state index in [9.17, 15) is 24.6 Å². The lowest BCUT2D eigenvalue weighted by atomic mass is 9.78. The number of carbonyl (C=O) groups is 3. The van der Waals surface area contributed by atoms with Crippen LogP contribution in [0.15, 0.2) is 24.3 Å². The summed E-state index contributed by atoms with van der Waals surface area (Å²) in [6, 6.07) is -0.265. The number of carbonyl (C=O) groups excluding carboxylic acids is 3. The molecule has 0 amide bonds. The third-order valence-corrected chi connectivity index (χ3v) is 13.3. The normalized spacial score (nSPS) is 43.0. The first-order valence-corrected chi connectivity index (χ1v) is 22.7. The molecule has 0 bridgehead atoms. The first kappa shape index (κ1) is 51.4. The van der Waals surface area contributed by atoms with E-state index in [-0.39, 0.29) is 36.4 Å². The van der Waals surface area contributed by atoms with Crippen LogP contribution in [0.1, 0.15) is 121 Å². The van der Waals surface area contributed by atoms with Gasteiger partial charge in [-0.3, -0.25) is 9.59 Å². The fourth-order valence-electron chi connectivity index (χ4n) is 10.1. The zero-order valence-electron chi connectivity index (χ0n) is 39.1. The summed E-state index contributed by atoms with van der Waals surface area (Å²) in [6.07, 6.45) is 2.16. The zero-order chi connectivity index (χ0) is 45.3. The number of cyclic esters (lactones) is 1. The second kappa shape index (κ2) is 23.1. The maximum absolute atomic E-state index is 13.0. The number of likely N-dealkylation sites (N-methyl/N-ethyl adjacent to an activating group) is 1. The fraction of sp³-hybridized carbons (Fsp3) is 0.851. The molecule has 4 rings (SSSR count). The molecule has 0 radical (unpaired) electrons. The Morgan fingerprint density at radius 2 is 1.62 bits per heavy atom. The molecule has 4 aliphatic heterocycles. The Bertz CT molecular complexity index is 1450. The highest BCUT2D eigenvalue weighted by molar-refractivity contribution is 5.70. The molecule has 350 valence electrons. The van der Waals surface area contributed by atoms with Gasteiger partial charge in [0.2, 0.25) is 0 Å². The van der Waals surface area contributed by atoms with Crippen molar-refractivity contribution >= 4 is 18.2 Å². The number of hydrogen-bond acceptors (Lipinski definition) is 14. The Balaban J connectivity index is 1.62. The van der Waals surface area contributed by atoms with Gasteiger partial charge in [0, 0.05) is 43.6 Å². The third kappa shape index (κ3) is 14.1. The number of nitrogens with zero attached hydrogens (tertiary/aromatic N) is 1. The second-order valence-electron chi connectivity index (χ2n) is 19.6. The molecule has 4 heterocycles. The van der Waals surface area contributed by atoms with Gasteiger partial charge >= 0.3 is 11.9 Å². The lowest BCUT2D eigenvalue weighted by Crippen LogP contribution is -2.62. The molecule has 0 saturated carbocycles. The van der Waals surface area contributed by atoms with Crippen LogP contribution in [0.3, 0.4) is 0 Å². The van der Waals surface area contributed by atoms with Crippen molar-refractivity contribution in [2.45, 2.75) is 207 Å². The topological polar surface area (TPSA) is 169 Å². The summed E-state index contributed by atoms with van der Waals surface area (Å²) in [5.41, 5.74) is -0.427. The summed E-state index contributed by atoms with van der Waals surface area (Å²) in [6.45, 7) is 21.6. The molecule has 18 atom stereocenters. The molecular formula is C47H79NO13. The molecule has 3 fully saturated rings. The van der Waals surface area contributed by atoms with Crippen LogP contribution in [0.5, 0.6) is 0 Å². The van der Waals surface area contributed by atoms with Crippen LogP contribution >= 0.6 is 0 Å². The number of ether oxygens (including phenoxy) is 8. The molecule has 0 aromatic carbocycles. The van der Waals surface area contributed by atoms with Gasteiger partial charge in [-0.2, -0.15) is 0 Å². The Hall–Kier alpha value is -2.27. The lowest BCUT2D eigenvalue weighted by molar-refractivity contribution is -0.330. The summed E-state index contributed by atoms with van der Waals surface area (Å²) >= 11 is 0. The highest BCUT2D eigenvalue weighted by atomic mass is 16.7. The predicted octanol–water partition coefficient (Wildman–Crippen LogP) is 6.13. The molecule has 0 spiro atoms. The Labute approximate surface area is 365 Å². The van der Waals surface area contributed by atoms with E-state index < -0.39 is 97.5 Å². The van der Waals surface area contributed by atoms with Crippen molar-refractivity contribution < 1.29 is 62.5 Å². The Kier molecular flexibility index (Phi) is 19.4. The van der Waals surface area contributed by atoms with Crippen LogP contribution in [-0.2, 0) is 52.3 Å². The van der Waals surface area contributed by atoms with E-state index in [0.717, 1.165) is 19.1 Å². The number of hydrogen-bond donors (Lipinski definition) is 2. The minimum Gasteiger partial charge on any atom is -0.462 e. The van der Waals surface area contributed by atoms with Crippen LogP contribution in [0.2, 0.25) is 0 Å². The fourth-order valence-corrected chi connectivity index (χ4v) is 10.1. The van der Waals surface area contributed by atoms with Gasteiger partial charge in [0.05, 0.1) is 43.0 Å². The largest absolute Gasteiger partial charge is 0.462 e. The first-order valence-electron chi connectivity index (χ1n) is 22.7. The molecule has 14 heteroatoms. The highest BCUT2D eigenvalue weighted by Crippen LogP contribution is 2.42. The van der Waals surface area contributed by atoms with Crippen molar-refractivity contribution in [3.63, 3.8) is 0 Å². The summed E-state index contributed by atoms with van der Waals surface area (Å²) in [5, 5.41) is 23.5. The molecular weight excluding hydrogens is 787 g/mol. The van der Waals surface area contributed by atoms with Crippen molar-refractivity contribution in [3.8, 4) is 0 Å². The first-order chi connectivity index (χ1) is 28.6. The molecule has 2 unspecified atom stereocenters. The smallest absolute Gasteiger partial charge is 0.308 e. The SMILES string of the molecule is CC(=O)O[C@H]1[C@H](C)OC(O[C@H]2[C@H](N(C)C)[C@@H](C)C(O[C@H]3[C@@H](CC=O)C[C@@H](C)[C@@H](O[C@H]4CC[C@H](C(C)C)[C@@H](C)O4)/C=C/C=C/C[C@@H](C)OC(=O)C[C@@H](O)[C@@H]3O)O[C@@H]2C)CC1(C)C. The lowest BCUT2D eigenvalue weighted by Gasteiger charge is -2.51. The molecule has 2 N–H and O–H groups in total. The van der Waals surface area contributed by atoms with Crippen molar-refractivity contribution in [1.82, 2.24) is 4.90 Å². The maximum atomic E-state index is 13.0. The zero-order valence-corrected chi connectivity index (χ0v) is 39.1. The van der Waals surface area contributed by atoms with E-state index in [2.05, 4.69) is 25.7 Å². The van der Waals surface area contributed by atoms with Crippen LogP contribution in [-0.4, -0.2) is 133 Å². The molecule has 14 nitrogen and oxygen atoms in total. The average molecular weight is 866 g/mol. The third-order valence-electron chi connectivity index (χ3n) is 13.3. The quantitative estimate of drug-likeness (QED) is 0.180. The minimum atomic E-state index is -1.58. The highest BCUT2D eigenvalue weighted by Gasteiger charge is 2.51. The maximum Gasteiger partial charge on any atom is 0.308 e. The van der Waals surface area contributed by atoms with Gasteiger partial charge in [0.25, 0.3) is 0 Å².